The van der Waals surface area contributed by atoms with Gasteiger partial charge in [-0.3, -0.25) is 0 Å². The summed E-state index contributed by atoms with van der Waals surface area (Å²) in [6.07, 6.45) is 8.95. The number of rotatable bonds is 6. The fourth-order valence-electron chi connectivity index (χ4n) is 7.25. The summed E-state index contributed by atoms with van der Waals surface area (Å²) in [5.74, 6) is 1.70. The molecule has 3 aliphatic carbocycles. The summed E-state index contributed by atoms with van der Waals surface area (Å²) in [5, 5.41) is 33.4. The number of quaternary nitrogens is 1. The first-order valence-corrected chi connectivity index (χ1v) is 12.5. The number of fused-ring (bicyclic) bond motifs is 1. The summed E-state index contributed by atoms with van der Waals surface area (Å²) in [6, 6.07) is 3.92. The molecule has 3 fully saturated rings. The highest BCUT2D eigenvalue weighted by molar-refractivity contribution is 5.60. The quantitative estimate of drug-likeness (QED) is 0.460. The summed E-state index contributed by atoms with van der Waals surface area (Å²) >= 11 is 0. The van der Waals surface area contributed by atoms with E-state index in [0.29, 0.717) is 23.7 Å². The van der Waals surface area contributed by atoms with Gasteiger partial charge >= 0.3 is 0 Å². The van der Waals surface area contributed by atoms with Gasteiger partial charge in [-0.15, -0.1) is 0 Å². The van der Waals surface area contributed by atoms with E-state index in [9.17, 15) is 10.2 Å². The first-order valence-electron chi connectivity index (χ1n) is 12.5. The Morgan fingerprint density at radius 3 is 2.59 bits per heavy atom. The molecule has 3 saturated carbocycles. The molecular formula is C27H46N2O5. The van der Waals surface area contributed by atoms with E-state index in [0.717, 1.165) is 51.5 Å². The van der Waals surface area contributed by atoms with Crippen LogP contribution in [0.4, 0.5) is 0 Å². The van der Waals surface area contributed by atoms with Gasteiger partial charge in [0, 0.05) is 12.6 Å². The number of hydrogen-bond donors (Lipinski definition) is 4. The van der Waals surface area contributed by atoms with Crippen molar-refractivity contribution in [1.29, 1.82) is 0 Å². The Labute approximate surface area is 204 Å². The zero-order chi connectivity index (χ0) is 24.2. The van der Waals surface area contributed by atoms with Crippen LogP contribution in [-0.4, -0.2) is 35.4 Å². The van der Waals surface area contributed by atoms with Gasteiger partial charge in [-0.05, 0) is 105 Å². The summed E-state index contributed by atoms with van der Waals surface area (Å²) in [5.41, 5.74) is 1.76. The normalized spacial score (nSPS) is 37.2. The average Bonchev–Trinajstić information content (AvgIpc) is 3.38. The first-order chi connectivity index (χ1) is 15.6. The minimum Gasteiger partial charge on any atom is -0.550 e. The predicted octanol–water partition coefficient (Wildman–Crippen LogP) is 3.66. The van der Waals surface area contributed by atoms with Crippen molar-refractivity contribution < 1.29 is 24.5 Å². The molecule has 194 valence electrons. The third kappa shape index (κ3) is 5.93. The monoisotopic (exact) mass is 478 g/mol. The Kier molecular flexibility index (Phi) is 9.95. The molecule has 1 aromatic rings. The number of aliphatic hydroxyl groups excluding tert-OH is 2. The van der Waals surface area contributed by atoms with Crippen molar-refractivity contribution in [3.8, 4) is 0 Å². The molecule has 4 rings (SSSR count). The minimum absolute atomic E-state index is 0. The van der Waals surface area contributed by atoms with Gasteiger partial charge in [-0.25, -0.2) is 0 Å². The number of furan rings is 1. The van der Waals surface area contributed by atoms with Gasteiger partial charge in [-0.1, -0.05) is 26.0 Å². The van der Waals surface area contributed by atoms with Crippen molar-refractivity contribution in [1.82, 2.24) is 11.5 Å². The molecule has 7 N–H and O–H groups in total. The van der Waals surface area contributed by atoms with E-state index in [1.165, 1.54) is 24.8 Å². The number of hydrogen-bond acceptors (Lipinski definition) is 6. The molecule has 1 heterocycles. The van der Waals surface area contributed by atoms with Crippen LogP contribution in [0.15, 0.2) is 35.0 Å². The number of aliphatic carboxylic acids is 1. The van der Waals surface area contributed by atoms with Crippen LogP contribution in [0.2, 0.25) is 0 Å². The van der Waals surface area contributed by atoms with Gasteiger partial charge in [0.15, 0.2) is 0 Å². The third-order valence-electron chi connectivity index (χ3n) is 9.22. The standard InChI is InChI=1S/C25H39NO3.C2H4O2.H3N/c1-17-6-7-22-21(16-27)23(9-11-24(17,22)2)25(3)10-8-19(28)13-18(25)14-26-15-20-5-4-12-29-20;1-2(3)4;/h4-5,12,18-19,21-23,26-28H,1,6-11,13-16H2,2-3H3;1H3,(H,3,4);1H3/t18-,19+,21-,22?,23?,24+,25+;;/m1../s1. The lowest BCUT2D eigenvalue weighted by molar-refractivity contribution is -0.302. The molecule has 2 unspecified atom stereocenters. The van der Waals surface area contributed by atoms with E-state index in [-0.39, 0.29) is 29.7 Å². The van der Waals surface area contributed by atoms with Crippen LogP contribution in [0.1, 0.15) is 71.5 Å². The van der Waals surface area contributed by atoms with E-state index in [4.69, 9.17) is 14.3 Å². The predicted molar refractivity (Wildman–Crippen MR) is 132 cm³/mol. The van der Waals surface area contributed by atoms with Gasteiger partial charge in [0.25, 0.3) is 0 Å². The van der Waals surface area contributed by atoms with Crippen molar-refractivity contribution >= 4 is 5.97 Å². The molecule has 0 aliphatic heterocycles. The van der Waals surface area contributed by atoms with Gasteiger partial charge < -0.3 is 36.0 Å². The molecule has 34 heavy (non-hydrogen) atoms. The van der Waals surface area contributed by atoms with Crippen LogP contribution in [0.25, 0.3) is 0 Å². The lowest BCUT2D eigenvalue weighted by atomic mass is 9.49. The first kappa shape index (κ1) is 28.6. The lowest BCUT2D eigenvalue weighted by Crippen LogP contribution is -2.53. The van der Waals surface area contributed by atoms with Gasteiger partial charge in [0.2, 0.25) is 0 Å². The molecule has 0 radical (unpaired) electrons. The number of allylic oxidation sites excluding steroid dienone is 1. The largest absolute Gasteiger partial charge is 0.550 e. The second kappa shape index (κ2) is 11.8. The fraction of sp³-hybridized carbons (Fsp3) is 0.741. The zero-order valence-electron chi connectivity index (χ0n) is 21.5. The number of carboxylic acids is 1. The summed E-state index contributed by atoms with van der Waals surface area (Å²) in [4.78, 5) is 8.89. The second-order valence-electron chi connectivity index (χ2n) is 11.0. The topological polar surface area (TPSA) is 142 Å². The van der Waals surface area contributed by atoms with E-state index in [1.54, 1.807) is 6.26 Å². The number of carbonyl (C=O) groups excluding carboxylic acids is 1. The van der Waals surface area contributed by atoms with Crippen molar-refractivity contribution in [2.75, 3.05) is 13.2 Å². The molecular weight excluding hydrogens is 432 g/mol. The highest BCUT2D eigenvalue weighted by Crippen LogP contribution is 2.63. The fourth-order valence-corrected chi connectivity index (χ4v) is 7.25. The van der Waals surface area contributed by atoms with Crippen LogP contribution in [0, 0.1) is 34.5 Å². The number of nitrogens with one attached hydrogen (secondary N) is 1. The number of carbonyl (C=O) groups is 1. The maximum absolute atomic E-state index is 10.5. The third-order valence-corrected chi connectivity index (χ3v) is 9.22. The Bertz CT molecular complexity index is 793. The maximum atomic E-state index is 10.5. The van der Waals surface area contributed by atoms with Gasteiger partial charge in [-0.2, -0.15) is 0 Å². The van der Waals surface area contributed by atoms with Gasteiger partial charge in [0.1, 0.15) is 5.76 Å². The second-order valence-corrected chi connectivity index (χ2v) is 11.0. The molecule has 0 amide bonds. The van der Waals surface area contributed by atoms with Crippen LogP contribution in [0.5, 0.6) is 0 Å². The van der Waals surface area contributed by atoms with Crippen LogP contribution in [0.3, 0.4) is 0 Å². The molecule has 3 aliphatic rings. The van der Waals surface area contributed by atoms with Crippen molar-refractivity contribution in [3.63, 3.8) is 0 Å². The van der Waals surface area contributed by atoms with Gasteiger partial charge in [0.05, 0.1) is 18.9 Å². The molecule has 0 spiro atoms. The summed E-state index contributed by atoms with van der Waals surface area (Å²) in [6.45, 7) is 12.1. The highest BCUT2D eigenvalue weighted by Gasteiger charge is 2.56. The number of carboxylic acid groups (broad SMARTS) is 1. The molecule has 1 aromatic heterocycles. The Balaban J connectivity index is 0.000000758. The van der Waals surface area contributed by atoms with Crippen LogP contribution < -0.4 is 16.6 Å². The van der Waals surface area contributed by atoms with E-state index in [1.807, 2.05) is 12.1 Å². The zero-order valence-corrected chi connectivity index (χ0v) is 21.5. The van der Waals surface area contributed by atoms with Crippen molar-refractivity contribution in [3.05, 3.63) is 36.3 Å². The minimum atomic E-state index is -1.08. The van der Waals surface area contributed by atoms with E-state index < -0.39 is 5.97 Å². The molecule has 7 heteroatoms. The SMILES string of the molecule is C=C1CCC2[C@@H](CO)C([C@@]3(C)CC[C@H](O)C[C@@H]3CNCc3ccco3)CC[C@@]12C.CC(=O)[O-].[NH4+]. The Morgan fingerprint density at radius 2 is 1.97 bits per heavy atom. The van der Waals surface area contributed by atoms with E-state index in [2.05, 4.69) is 25.7 Å². The Morgan fingerprint density at radius 1 is 1.26 bits per heavy atom. The summed E-state index contributed by atoms with van der Waals surface area (Å²) < 4.78 is 5.46. The molecule has 7 atom stereocenters. The number of aliphatic hydroxyl groups is 2. The van der Waals surface area contributed by atoms with Crippen LogP contribution >= 0.6 is 0 Å². The smallest absolute Gasteiger partial charge is 0.117 e. The average molecular weight is 479 g/mol. The van der Waals surface area contributed by atoms with Crippen molar-refractivity contribution in [2.45, 2.75) is 78.4 Å². The maximum Gasteiger partial charge on any atom is 0.117 e. The molecule has 0 bridgehead atoms. The lowest BCUT2D eigenvalue weighted by Gasteiger charge is -2.56. The summed E-state index contributed by atoms with van der Waals surface area (Å²) in [7, 11) is 0. The molecule has 0 aromatic carbocycles. The van der Waals surface area contributed by atoms with Crippen LogP contribution in [-0.2, 0) is 11.3 Å². The Hall–Kier alpha value is -1.67. The molecule has 7 nitrogen and oxygen atoms in total. The van der Waals surface area contributed by atoms with E-state index >= 15 is 0 Å². The highest BCUT2D eigenvalue weighted by atomic mass is 16.4. The molecule has 0 saturated heterocycles. The van der Waals surface area contributed by atoms with Crippen molar-refractivity contribution in [2.24, 2.45) is 34.5 Å².